The SMILES string of the molecule is CC1=C(N2CCC[C@H]2C)COC1=O. The van der Waals surface area contributed by atoms with Crippen LogP contribution in [0.15, 0.2) is 11.3 Å². The Morgan fingerprint density at radius 2 is 2.31 bits per heavy atom. The van der Waals surface area contributed by atoms with E-state index in [1.807, 2.05) is 6.92 Å². The first-order valence-electron chi connectivity index (χ1n) is 4.83. The molecule has 0 bridgehead atoms. The van der Waals surface area contributed by atoms with Crippen LogP contribution in [-0.4, -0.2) is 30.1 Å². The van der Waals surface area contributed by atoms with Crippen molar-refractivity contribution in [3.63, 3.8) is 0 Å². The molecular weight excluding hydrogens is 166 g/mol. The van der Waals surface area contributed by atoms with Gasteiger partial charge in [0.2, 0.25) is 0 Å². The molecule has 0 radical (unpaired) electrons. The highest BCUT2D eigenvalue weighted by Crippen LogP contribution is 2.27. The Bertz CT molecular complexity index is 270. The van der Waals surface area contributed by atoms with Crippen molar-refractivity contribution in [1.29, 1.82) is 0 Å². The van der Waals surface area contributed by atoms with Gasteiger partial charge in [0.05, 0.1) is 11.3 Å². The number of esters is 1. The summed E-state index contributed by atoms with van der Waals surface area (Å²) in [6, 6.07) is 0.569. The van der Waals surface area contributed by atoms with E-state index in [0.29, 0.717) is 12.6 Å². The molecule has 0 aliphatic carbocycles. The maximum absolute atomic E-state index is 11.1. The molecule has 0 aromatic carbocycles. The first kappa shape index (κ1) is 8.60. The summed E-state index contributed by atoms with van der Waals surface area (Å²) in [7, 11) is 0. The first-order valence-corrected chi connectivity index (χ1v) is 4.83. The number of carbonyl (C=O) groups is 1. The smallest absolute Gasteiger partial charge is 0.335 e. The number of carbonyl (C=O) groups excluding carboxylic acids is 1. The summed E-state index contributed by atoms with van der Waals surface area (Å²) < 4.78 is 4.98. The molecule has 0 aromatic rings. The zero-order valence-electron chi connectivity index (χ0n) is 8.17. The number of hydrogen-bond donors (Lipinski definition) is 0. The van der Waals surface area contributed by atoms with Crippen LogP contribution in [0.4, 0.5) is 0 Å². The maximum atomic E-state index is 11.1. The molecule has 72 valence electrons. The van der Waals surface area contributed by atoms with Crippen molar-refractivity contribution in [1.82, 2.24) is 4.90 Å². The number of hydrogen-bond acceptors (Lipinski definition) is 3. The van der Waals surface area contributed by atoms with Crippen LogP contribution in [0.25, 0.3) is 0 Å². The summed E-state index contributed by atoms with van der Waals surface area (Å²) in [5.74, 6) is -0.144. The van der Waals surface area contributed by atoms with Gasteiger partial charge >= 0.3 is 5.97 Å². The number of ether oxygens (including phenoxy) is 1. The van der Waals surface area contributed by atoms with Crippen LogP contribution in [-0.2, 0) is 9.53 Å². The fourth-order valence-corrected chi connectivity index (χ4v) is 2.10. The van der Waals surface area contributed by atoms with Gasteiger partial charge in [0.1, 0.15) is 6.61 Å². The van der Waals surface area contributed by atoms with Crippen LogP contribution in [0.1, 0.15) is 26.7 Å². The Hall–Kier alpha value is -0.990. The van der Waals surface area contributed by atoms with Gasteiger partial charge in [-0.1, -0.05) is 0 Å². The Morgan fingerprint density at radius 3 is 2.77 bits per heavy atom. The molecule has 0 spiro atoms. The zero-order valence-corrected chi connectivity index (χ0v) is 8.17. The molecular formula is C10H15NO2. The quantitative estimate of drug-likeness (QED) is 0.571. The molecule has 0 saturated carbocycles. The van der Waals surface area contributed by atoms with Crippen molar-refractivity contribution in [3.05, 3.63) is 11.3 Å². The lowest BCUT2D eigenvalue weighted by Gasteiger charge is -2.24. The van der Waals surface area contributed by atoms with E-state index in [1.165, 1.54) is 12.8 Å². The molecule has 0 unspecified atom stereocenters. The first-order chi connectivity index (χ1) is 6.20. The highest BCUT2D eigenvalue weighted by molar-refractivity contribution is 5.90. The minimum atomic E-state index is -0.144. The molecule has 1 atom stereocenters. The lowest BCUT2D eigenvalue weighted by atomic mass is 10.2. The number of rotatable bonds is 1. The van der Waals surface area contributed by atoms with E-state index < -0.39 is 0 Å². The van der Waals surface area contributed by atoms with Crippen LogP contribution in [0, 0.1) is 0 Å². The van der Waals surface area contributed by atoms with Gasteiger partial charge in [-0.05, 0) is 26.7 Å². The fourth-order valence-electron chi connectivity index (χ4n) is 2.10. The van der Waals surface area contributed by atoms with Crippen molar-refractivity contribution >= 4 is 5.97 Å². The molecule has 13 heavy (non-hydrogen) atoms. The van der Waals surface area contributed by atoms with E-state index >= 15 is 0 Å². The summed E-state index contributed by atoms with van der Waals surface area (Å²) in [5.41, 5.74) is 1.91. The van der Waals surface area contributed by atoms with Gasteiger partial charge in [-0.25, -0.2) is 4.79 Å². The molecule has 0 amide bonds. The molecule has 2 aliphatic heterocycles. The van der Waals surface area contributed by atoms with Crippen LogP contribution in [0.3, 0.4) is 0 Å². The third-order valence-corrected chi connectivity index (χ3v) is 2.98. The maximum Gasteiger partial charge on any atom is 0.335 e. The van der Waals surface area contributed by atoms with Gasteiger partial charge in [0.25, 0.3) is 0 Å². The van der Waals surface area contributed by atoms with Crippen molar-refractivity contribution in [2.45, 2.75) is 32.7 Å². The summed E-state index contributed by atoms with van der Waals surface area (Å²) in [4.78, 5) is 13.4. The predicted octanol–water partition coefficient (Wildman–Crippen LogP) is 1.30. The second-order valence-electron chi connectivity index (χ2n) is 3.83. The minimum absolute atomic E-state index is 0.144. The summed E-state index contributed by atoms with van der Waals surface area (Å²) in [6.07, 6.45) is 2.46. The van der Waals surface area contributed by atoms with E-state index in [4.69, 9.17) is 4.74 Å². The molecule has 3 heteroatoms. The molecule has 1 fully saturated rings. The van der Waals surface area contributed by atoms with Crippen LogP contribution in [0.2, 0.25) is 0 Å². The average molecular weight is 181 g/mol. The molecule has 2 heterocycles. The lowest BCUT2D eigenvalue weighted by molar-refractivity contribution is -0.136. The van der Waals surface area contributed by atoms with Gasteiger partial charge in [0.15, 0.2) is 0 Å². The summed E-state index contributed by atoms with van der Waals surface area (Å²) >= 11 is 0. The number of likely N-dealkylation sites (tertiary alicyclic amines) is 1. The molecule has 0 N–H and O–H groups in total. The van der Waals surface area contributed by atoms with E-state index in [1.54, 1.807) is 0 Å². The standard InChI is InChI=1S/C10H15NO2/c1-7-4-3-5-11(7)9-6-13-10(12)8(9)2/h7H,3-6H2,1-2H3/t7-/m1/s1. The third-order valence-electron chi connectivity index (χ3n) is 2.98. The number of nitrogens with zero attached hydrogens (tertiary/aromatic N) is 1. The van der Waals surface area contributed by atoms with Crippen LogP contribution >= 0.6 is 0 Å². The lowest BCUT2D eigenvalue weighted by Crippen LogP contribution is -2.27. The Morgan fingerprint density at radius 1 is 1.54 bits per heavy atom. The van der Waals surface area contributed by atoms with Crippen molar-refractivity contribution in [2.75, 3.05) is 13.2 Å². The summed E-state index contributed by atoms with van der Waals surface area (Å²) in [6.45, 7) is 5.62. The highest BCUT2D eigenvalue weighted by atomic mass is 16.5. The van der Waals surface area contributed by atoms with Crippen LogP contribution < -0.4 is 0 Å². The van der Waals surface area contributed by atoms with E-state index in [9.17, 15) is 4.79 Å². The van der Waals surface area contributed by atoms with E-state index in [-0.39, 0.29) is 5.97 Å². The molecule has 3 nitrogen and oxygen atoms in total. The number of cyclic esters (lactones) is 1. The highest BCUT2D eigenvalue weighted by Gasteiger charge is 2.30. The molecule has 1 saturated heterocycles. The van der Waals surface area contributed by atoms with Gasteiger partial charge in [0, 0.05) is 12.6 Å². The summed E-state index contributed by atoms with van der Waals surface area (Å²) in [5, 5.41) is 0. The largest absolute Gasteiger partial charge is 0.456 e. The fraction of sp³-hybridized carbons (Fsp3) is 0.700. The Kier molecular flexibility index (Phi) is 2.02. The minimum Gasteiger partial charge on any atom is -0.456 e. The van der Waals surface area contributed by atoms with Crippen LogP contribution in [0.5, 0.6) is 0 Å². The molecule has 2 aliphatic rings. The topological polar surface area (TPSA) is 29.5 Å². The van der Waals surface area contributed by atoms with E-state index in [0.717, 1.165) is 17.8 Å². The third kappa shape index (κ3) is 1.32. The van der Waals surface area contributed by atoms with Gasteiger partial charge in [-0.3, -0.25) is 0 Å². The van der Waals surface area contributed by atoms with Gasteiger partial charge in [-0.15, -0.1) is 0 Å². The molecule has 2 rings (SSSR count). The van der Waals surface area contributed by atoms with Crippen molar-refractivity contribution in [3.8, 4) is 0 Å². The predicted molar refractivity (Wildman–Crippen MR) is 49.1 cm³/mol. The van der Waals surface area contributed by atoms with Gasteiger partial charge in [-0.2, -0.15) is 0 Å². The average Bonchev–Trinajstić information content (AvgIpc) is 2.62. The second kappa shape index (κ2) is 3.05. The normalized spacial score (nSPS) is 28.6. The van der Waals surface area contributed by atoms with Crippen molar-refractivity contribution in [2.24, 2.45) is 0 Å². The van der Waals surface area contributed by atoms with Crippen molar-refractivity contribution < 1.29 is 9.53 Å². The zero-order chi connectivity index (χ0) is 9.42. The second-order valence-corrected chi connectivity index (χ2v) is 3.83. The monoisotopic (exact) mass is 181 g/mol. The van der Waals surface area contributed by atoms with Gasteiger partial charge < -0.3 is 9.64 Å². The molecule has 0 aromatic heterocycles. The Balaban J connectivity index is 2.21. The Labute approximate surface area is 78.4 Å². The van der Waals surface area contributed by atoms with E-state index in [2.05, 4.69) is 11.8 Å².